The van der Waals surface area contributed by atoms with Gasteiger partial charge in [0.2, 0.25) is 5.91 Å². The fraction of sp³-hybridized carbons (Fsp3) is 0.375. The van der Waals surface area contributed by atoms with Gasteiger partial charge < -0.3 is 24.8 Å². The summed E-state index contributed by atoms with van der Waals surface area (Å²) in [6.45, 7) is 3.60. The SMILES string of the molecule is COC[C@@]1(F)CC(C(O)OCc2ccccc2)N(C(=O)CNC(=O)c2ccc3c(c2)-c2ccccc2C3(C)C)C1. The van der Waals surface area contributed by atoms with Crippen LogP contribution in [0, 0.1) is 0 Å². The summed E-state index contributed by atoms with van der Waals surface area (Å²) < 4.78 is 26.2. The molecule has 3 aromatic rings. The Kier molecular flexibility index (Phi) is 7.77. The monoisotopic (exact) mass is 546 g/mol. The van der Waals surface area contributed by atoms with Gasteiger partial charge in [-0.25, -0.2) is 4.39 Å². The van der Waals surface area contributed by atoms with Gasteiger partial charge in [-0.05, 0) is 39.9 Å². The van der Waals surface area contributed by atoms with Gasteiger partial charge in [-0.3, -0.25) is 9.59 Å². The van der Waals surface area contributed by atoms with Gasteiger partial charge in [0, 0.05) is 24.5 Å². The number of benzene rings is 3. The number of nitrogens with zero attached hydrogens (tertiary/aromatic N) is 1. The number of aliphatic hydroxyl groups is 1. The van der Waals surface area contributed by atoms with Crippen LogP contribution in [0.25, 0.3) is 11.1 Å². The minimum absolute atomic E-state index is 0.110. The van der Waals surface area contributed by atoms with Gasteiger partial charge >= 0.3 is 0 Å². The maximum atomic E-state index is 15.5. The number of amides is 2. The molecule has 2 unspecified atom stereocenters. The Morgan fingerprint density at radius 2 is 1.75 bits per heavy atom. The Morgan fingerprint density at radius 3 is 2.50 bits per heavy atom. The van der Waals surface area contributed by atoms with Crippen LogP contribution in [0.2, 0.25) is 0 Å². The topological polar surface area (TPSA) is 88.1 Å². The first kappa shape index (κ1) is 28.0. The Hall–Kier alpha value is -3.59. The number of aliphatic hydroxyl groups excluding tert-OH is 1. The second-order valence-corrected chi connectivity index (χ2v) is 11.2. The summed E-state index contributed by atoms with van der Waals surface area (Å²) in [5.74, 6) is -0.914. The van der Waals surface area contributed by atoms with Crippen molar-refractivity contribution in [2.24, 2.45) is 0 Å². The fourth-order valence-electron chi connectivity index (χ4n) is 5.95. The zero-order valence-corrected chi connectivity index (χ0v) is 23.0. The summed E-state index contributed by atoms with van der Waals surface area (Å²) in [5, 5.41) is 13.5. The molecule has 2 N–H and O–H groups in total. The zero-order valence-electron chi connectivity index (χ0n) is 23.0. The summed E-state index contributed by atoms with van der Waals surface area (Å²) >= 11 is 0. The highest BCUT2D eigenvalue weighted by molar-refractivity contribution is 5.98. The fourth-order valence-corrected chi connectivity index (χ4v) is 5.95. The molecule has 1 heterocycles. The van der Waals surface area contributed by atoms with Gasteiger partial charge in [0.25, 0.3) is 5.91 Å². The predicted molar refractivity (Wildman–Crippen MR) is 149 cm³/mol. The highest BCUT2D eigenvalue weighted by Crippen LogP contribution is 2.48. The molecule has 0 bridgehead atoms. The second-order valence-electron chi connectivity index (χ2n) is 11.2. The molecule has 0 saturated carbocycles. The average Bonchev–Trinajstić information content (AvgIpc) is 3.42. The van der Waals surface area contributed by atoms with Crippen molar-refractivity contribution in [3.05, 3.63) is 95.1 Å². The molecule has 0 radical (unpaired) electrons. The van der Waals surface area contributed by atoms with Crippen molar-refractivity contribution in [1.82, 2.24) is 10.2 Å². The maximum absolute atomic E-state index is 15.5. The lowest BCUT2D eigenvalue weighted by atomic mass is 9.82. The highest BCUT2D eigenvalue weighted by Gasteiger charge is 2.49. The van der Waals surface area contributed by atoms with Crippen molar-refractivity contribution in [1.29, 1.82) is 0 Å². The Morgan fingerprint density at radius 1 is 1.05 bits per heavy atom. The van der Waals surface area contributed by atoms with Crippen LogP contribution in [0.15, 0.2) is 72.8 Å². The zero-order chi connectivity index (χ0) is 28.5. The van der Waals surface area contributed by atoms with Crippen LogP contribution in [-0.4, -0.2) is 66.6 Å². The van der Waals surface area contributed by atoms with E-state index >= 15 is 4.39 Å². The van der Waals surface area contributed by atoms with Crippen LogP contribution in [-0.2, 0) is 26.3 Å². The third kappa shape index (κ3) is 5.39. The van der Waals surface area contributed by atoms with E-state index in [0.29, 0.717) is 5.56 Å². The van der Waals surface area contributed by atoms with Gasteiger partial charge in [0.05, 0.1) is 32.3 Å². The summed E-state index contributed by atoms with van der Waals surface area (Å²) in [4.78, 5) is 27.6. The Labute approximate surface area is 233 Å². The molecule has 0 aromatic heterocycles. The van der Waals surface area contributed by atoms with E-state index in [1.54, 1.807) is 6.07 Å². The van der Waals surface area contributed by atoms with E-state index in [0.717, 1.165) is 22.3 Å². The molecule has 40 heavy (non-hydrogen) atoms. The molecular weight excluding hydrogens is 511 g/mol. The highest BCUT2D eigenvalue weighted by atomic mass is 19.1. The van der Waals surface area contributed by atoms with E-state index in [1.807, 2.05) is 54.6 Å². The lowest BCUT2D eigenvalue weighted by molar-refractivity contribution is -0.159. The van der Waals surface area contributed by atoms with E-state index < -0.39 is 29.8 Å². The van der Waals surface area contributed by atoms with Crippen LogP contribution in [0.5, 0.6) is 0 Å². The van der Waals surface area contributed by atoms with Crippen molar-refractivity contribution in [2.45, 2.75) is 50.3 Å². The standard InChI is InChI=1S/C32H35FN2O5/c1-31(2)25-12-8-7-11-23(25)24-15-22(13-14-26(24)31)29(37)34-17-28(36)35-19-32(33,20-39-3)16-27(35)30(38)40-18-21-9-5-4-6-10-21/h4-15,27,30,38H,16-20H2,1-3H3,(H,34,37)/t27?,30?,32-/m1/s1. The summed E-state index contributed by atoms with van der Waals surface area (Å²) in [7, 11) is 1.39. The summed E-state index contributed by atoms with van der Waals surface area (Å²) in [5.41, 5.74) is 3.70. The number of methoxy groups -OCH3 is 1. The smallest absolute Gasteiger partial charge is 0.251 e. The van der Waals surface area contributed by atoms with Gasteiger partial charge in [-0.2, -0.15) is 0 Å². The van der Waals surface area contributed by atoms with Crippen LogP contribution in [0.4, 0.5) is 4.39 Å². The molecule has 3 atom stereocenters. The van der Waals surface area contributed by atoms with E-state index in [4.69, 9.17) is 9.47 Å². The molecule has 0 spiro atoms. The molecule has 5 rings (SSSR count). The van der Waals surface area contributed by atoms with Gasteiger partial charge in [0.1, 0.15) is 0 Å². The lowest BCUT2D eigenvalue weighted by Gasteiger charge is -2.28. The van der Waals surface area contributed by atoms with E-state index in [9.17, 15) is 14.7 Å². The minimum Gasteiger partial charge on any atom is -0.381 e. The number of likely N-dealkylation sites (tertiary alicyclic amines) is 1. The molecule has 7 nitrogen and oxygen atoms in total. The number of ether oxygens (including phenoxy) is 2. The molecule has 2 amide bonds. The minimum atomic E-state index is -1.84. The summed E-state index contributed by atoms with van der Waals surface area (Å²) in [6, 6.07) is 22.1. The predicted octanol–water partition coefficient (Wildman–Crippen LogP) is 4.21. The molecule has 3 aromatic carbocycles. The number of nitrogens with one attached hydrogen (secondary N) is 1. The number of hydrogen-bond donors (Lipinski definition) is 2. The number of carbonyl (C=O) groups excluding carboxylic acids is 2. The van der Waals surface area contributed by atoms with Crippen molar-refractivity contribution in [2.75, 3.05) is 26.8 Å². The Bertz CT molecular complexity index is 1400. The van der Waals surface area contributed by atoms with Crippen molar-refractivity contribution in [3.8, 4) is 11.1 Å². The first-order valence-corrected chi connectivity index (χ1v) is 13.5. The van der Waals surface area contributed by atoms with Gasteiger partial charge in [0.15, 0.2) is 12.0 Å². The van der Waals surface area contributed by atoms with Crippen LogP contribution in [0.3, 0.4) is 0 Å². The van der Waals surface area contributed by atoms with Crippen LogP contribution >= 0.6 is 0 Å². The normalized spacial score (nSPS) is 21.5. The number of carbonyl (C=O) groups is 2. The average molecular weight is 547 g/mol. The van der Waals surface area contributed by atoms with Gasteiger partial charge in [-0.1, -0.05) is 74.5 Å². The lowest BCUT2D eigenvalue weighted by Crippen LogP contribution is -2.48. The quantitative estimate of drug-likeness (QED) is 0.393. The summed E-state index contributed by atoms with van der Waals surface area (Å²) in [6.07, 6.45) is -1.55. The van der Waals surface area contributed by atoms with Crippen molar-refractivity contribution in [3.63, 3.8) is 0 Å². The molecule has 1 saturated heterocycles. The first-order valence-electron chi connectivity index (χ1n) is 13.5. The van der Waals surface area contributed by atoms with E-state index in [-0.39, 0.29) is 38.1 Å². The molecule has 210 valence electrons. The van der Waals surface area contributed by atoms with E-state index in [2.05, 4.69) is 31.3 Å². The first-order chi connectivity index (χ1) is 19.1. The maximum Gasteiger partial charge on any atom is 0.251 e. The van der Waals surface area contributed by atoms with Crippen molar-refractivity contribution < 1.29 is 28.6 Å². The van der Waals surface area contributed by atoms with E-state index in [1.165, 1.54) is 17.6 Å². The number of alkyl halides is 1. The third-order valence-electron chi connectivity index (χ3n) is 7.99. The third-order valence-corrected chi connectivity index (χ3v) is 7.99. The molecular formula is C32H35FN2O5. The van der Waals surface area contributed by atoms with Crippen LogP contribution in [0.1, 0.15) is 47.3 Å². The molecule has 2 aliphatic rings. The van der Waals surface area contributed by atoms with Gasteiger partial charge in [-0.15, -0.1) is 0 Å². The Balaban J connectivity index is 1.27. The molecule has 1 aliphatic heterocycles. The number of hydrogen-bond acceptors (Lipinski definition) is 5. The molecule has 1 fully saturated rings. The number of rotatable bonds is 9. The van der Waals surface area contributed by atoms with Crippen LogP contribution < -0.4 is 5.32 Å². The molecule has 8 heteroatoms. The van der Waals surface area contributed by atoms with Crippen molar-refractivity contribution >= 4 is 11.8 Å². The molecule has 1 aliphatic carbocycles. The number of fused-ring (bicyclic) bond motifs is 3. The second kappa shape index (κ2) is 11.1. The number of halogens is 1. The largest absolute Gasteiger partial charge is 0.381 e.